The van der Waals surface area contributed by atoms with E-state index >= 15 is 0 Å². The van der Waals surface area contributed by atoms with Crippen LogP contribution >= 0.6 is 23.5 Å². The molecule has 0 radical (unpaired) electrons. The van der Waals surface area contributed by atoms with Gasteiger partial charge >= 0.3 is 6.36 Å². The molecular formula is C21H16ClF4N3O4S. The number of ether oxygens (including phenoxy) is 1. The summed E-state index contributed by atoms with van der Waals surface area (Å²) in [6.45, 7) is 0. The molecule has 6 N–H and O–H groups in total. The number of H-pyrrole nitrogens is 1. The minimum atomic E-state index is -4.77. The summed E-state index contributed by atoms with van der Waals surface area (Å²) in [4.78, 5) is 20.5. The Kier molecular flexibility index (Phi) is 8.51. The van der Waals surface area contributed by atoms with E-state index in [0.717, 1.165) is 18.0 Å². The molecule has 0 bridgehead atoms. The van der Waals surface area contributed by atoms with Gasteiger partial charge in [0.1, 0.15) is 17.2 Å². The lowest BCUT2D eigenvalue weighted by atomic mass is 10.0. The van der Waals surface area contributed by atoms with Gasteiger partial charge < -0.3 is 25.4 Å². The number of anilines is 1. The van der Waals surface area contributed by atoms with E-state index in [1.165, 1.54) is 48.8 Å². The number of alkyl halides is 3. The Balaban J connectivity index is 0.00000204. The number of hydrogen-bond acceptors (Lipinski definition) is 5. The van der Waals surface area contributed by atoms with Crippen molar-refractivity contribution in [2.45, 2.75) is 11.3 Å². The Morgan fingerprint density at radius 1 is 1.06 bits per heavy atom. The number of pyridine rings is 1. The second kappa shape index (κ2) is 10.7. The molecule has 0 saturated carbocycles. The van der Waals surface area contributed by atoms with Crippen LogP contribution in [-0.2, 0) is 0 Å². The summed E-state index contributed by atoms with van der Waals surface area (Å²) in [7, 11) is 0. The third-order valence-corrected chi connectivity index (χ3v) is 5.35. The normalized spacial score (nSPS) is 10.9. The standard InChI is InChI=1S/C21H12ClF4N3O2S.2H2O/c22-11-7-15-17(10-28-20(15)27-9-11)19(30)16-8-12(1-6-18(16)23)29-32-14-4-2-13(3-5-14)31-21(24,25)26;;/h1-10,29H,(H,27,28);2*1H2. The van der Waals surface area contributed by atoms with Gasteiger partial charge in [-0.05, 0) is 60.5 Å². The van der Waals surface area contributed by atoms with E-state index < -0.39 is 18.0 Å². The predicted octanol–water partition coefficient (Wildman–Crippen LogP) is 4.95. The van der Waals surface area contributed by atoms with Crippen molar-refractivity contribution in [1.82, 2.24) is 9.97 Å². The van der Waals surface area contributed by atoms with Gasteiger partial charge in [-0.2, -0.15) is 0 Å². The van der Waals surface area contributed by atoms with Gasteiger partial charge in [-0.3, -0.25) is 4.79 Å². The summed E-state index contributed by atoms with van der Waals surface area (Å²) < 4.78 is 57.9. The Bertz CT molecular complexity index is 1300. The van der Waals surface area contributed by atoms with Crippen LogP contribution in [0.3, 0.4) is 0 Å². The summed E-state index contributed by atoms with van der Waals surface area (Å²) in [6, 6.07) is 10.7. The number of aromatic amines is 1. The highest BCUT2D eigenvalue weighted by atomic mass is 35.5. The molecule has 0 aliphatic heterocycles. The van der Waals surface area contributed by atoms with Crippen LogP contribution < -0.4 is 9.46 Å². The lowest BCUT2D eigenvalue weighted by Crippen LogP contribution is -2.16. The largest absolute Gasteiger partial charge is 0.573 e. The Labute approximate surface area is 198 Å². The molecule has 180 valence electrons. The maximum absolute atomic E-state index is 14.4. The fraction of sp³-hybridized carbons (Fsp3) is 0.0476. The van der Waals surface area contributed by atoms with Crippen LogP contribution in [0.1, 0.15) is 15.9 Å². The van der Waals surface area contributed by atoms with Crippen LogP contribution in [0.5, 0.6) is 5.75 Å². The molecule has 0 aliphatic carbocycles. The number of fused-ring (bicyclic) bond motifs is 1. The Morgan fingerprint density at radius 2 is 1.76 bits per heavy atom. The zero-order chi connectivity index (χ0) is 22.9. The number of carbonyl (C=O) groups is 1. The number of ketones is 1. The average molecular weight is 518 g/mol. The van der Waals surface area contributed by atoms with E-state index in [1.54, 1.807) is 6.07 Å². The third-order valence-electron chi connectivity index (χ3n) is 4.30. The first-order valence-electron chi connectivity index (χ1n) is 8.95. The number of nitrogens with zero attached hydrogens (tertiary/aromatic N) is 1. The molecule has 2 aromatic carbocycles. The molecule has 2 aromatic heterocycles. The highest BCUT2D eigenvalue weighted by Crippen LogP contribution is 2.29. The van der Waals surface area contributed by atoms with Crippen LogP contribution in [-0.4, -0.2) is 33.1 Å². The second-order valence-electron chi connectivity index (χ2n) is 6.50. The lowest BCUT2D eigenvalue weighted by Gasteiger charge is -2.10. The molecule has 0 amide bonds. The molecule has 34 heavy (non-hydrogen) atoms. The van der Waals surface area contributed by atoms with E-state index in [9.17, 15) is 22.4 Å². The number of halogens is 5. The maximum Gasteiger partial charge on any atom is 0.573 e. The third kappa shape index (κ3) is 6.17. The van der Waals surface area contributed by atoms with Crippen LogP contribution in [0.15, 0.2) is 65.8 Å². The van der Waals surface area contributed by atoms with Crippen molar-refractivity contribution >= 4 is 46.1 Å². The fourth-order valence-electron chi connectivity index (χ4n) is 2.90. The molecule has 0 saturated heterocycles. The number of carbonyl (C=O) groups excluding carboxylic acids is 1. The maximum atomic E-state index is 14.4. The van der Waals surface area contributed by atoms with Gasteiger partial charge in [0.25, 0.3) is 0 Å². The zero-order valence-electron chi connectivity index (χ0n) is 16.8. The zero-order valence-corrected chi connectivity index (χ0v) is 18.4. The highest BCUT2D eigenvalue weighted by Gasteiger charge is 2.31. The van der Waals surface area contributed by atoms with Crippen molar-refractivity contribution in [1.29, 1.82) is 0 Å². The topological polar surface area (TPSA) is 130 Å². The Morgan fingerprint density at radius 3 is 2.44 bits per heavy atom. The van der Waals surface area contributed by atoms with Gasteiger partial charge in [0.05, 0.1) is 10.6 Å². The lowest BCUT2D eigenvalue weighted by molar-refractivity contribution is -0.274. The van der Waals surface area contributed by atoms with Crippen molar-refractivity contribution in [3.8, 4) is 5.75 Å². The predicted molar refractivity (Wildman–Crippen MR) is 121 cm³/mol. The molecule has 0 aliphatic rings. The quantitative estimate of drug-likeness (QED) is 0.212. The van der Waals surface area contributed by atoms with Crippen molar-refractivity contribution in [3.63, 3.8) is 0 Å². The van der Waals surface area contributed by atoms with Gasteiger partial charge in [0.2, 0.25) is 0 Å². The fourth-order valence-corrected chi connectivity index (χ4v) is 3.69. The molecule has 2 heterocycles. The van der Waals surface area contributed by atoms with E-state index in [0.29, 0.717) is 26.6 Å². The molecule has 0 fully saturated rings. The number of hydrogen-bond donors (Lipinski definition) is 2. The van der Waals surface area contributed by atoms with Crippen LogP contribution in [0.25, 0.3) is 11.0 Å². The summed E-state index contributed by atoms with van der Waals surface area (Å²) in [5.41, 5.74) is 0.927. The first-order valence-corrected chi connectivity index (χ1v) is 10.1. The monoisotopic (exact) mass is 517 g/mol. The minimum absolute atomic E-state index is 0. The van der Waals surface area contributed by atoms with E-state index in [1.807, 2.05) is 0 Å². The first-order chi connectivity index (χ1) is 15.2. The summed E-state index contributed by atoms with van der Waals surface area (Å²) >= 11 is 7.03. The molecule has 4 aromatic rings. The van der Waals surface area contributed by atoms with E-state index in [-0.39, 0.29) is 27.8 Å². The number of benzene rings is 2. The number of rotatable bonds is 6. The second-order valence-corrected chi connectivity index (χ2v) is 7.82. The molecule has 0 atom stereocenters. The van der Waals surface area contributed by atoms with Crippen molar-refractivity contribution in [2.75, 3.05) is 4.72 Å². The van der Waals surface area contributed by atoms with Crippen molar-refractivity contribution in [2.24, 2.45) is 0 Å². The van der Waals surface area contributed by atoms with Gasteiger partial charge in [-0.25, -0.2) is 9.37 Å². The van der Waals surface area contributed by atoms with Gasteiger partial charge in [-0.1, -0.05) is 11.6 Å². The first kappa shape index (κ1) is 26.9. The number of aromatic nitrogens is 2. The van der Waals surface area contributed by atoms with Gasteiger partial charge in [0.15, 0.2) is 5.78 Å². The Hall–Kier alpha value is -3.32. The van der Waals surface area contributed by atoms with Crippen LogP contribution in [0.4, 0.5) is 23.2 Å². The van der Waals surface area contributed by atoms with Crippen LogP contribution in [0, 0.1) is 5.82 Å². The van der Waals surface area contributed by atoms with Crippen LogP contribution in [0.2, 0.25) is 5.02 Å². The summed E-state index contributed by atoms with van der Waals surface area (Å²) in [6.07, 6.45) is -1.90. The number of nitrogens with one attached hydrogen (secondary N) is 2. The molecule has 13 heteroatoms. The van der Waals surface area contributed by atoms with E-state index in [2.05, 4.69) is 19.4 Å². The molecule has 0 unspecified atom stereocenters. The molecule has 0 spiro atoms. The minimum Gasteiger partial charge on any atom is -0.412 e. The van der Waals surface area contributed by atoms with Gasteiger partial charge in [0, 0.05) is 33.9 Å². The van der Waals surface area contributed by atoms with Crippen molar-refractivity contribution < 1.29 is 38.0 Å². The molecular weight excluding hydrogens is 502 g/mol. The average Bonchev–Trinajstić information content (AvgIpc) is 3.15. The van der Waals surface area contributed by atoms with Crippen molar-refractivity contribution in [3.05, 3.63) is 82.9 Å². The SMILES string of the molecule is O.O.O=C(c1cc(NSc2ccc(OC(F)(F)F)cc2)ccc1F)c1c[nH]c2ncc(Cl)cc12. The highest BCUT2D eigenvalue weighted by molar-refractivity contribution is 8.00. The smallest absolute Gasteiger partial charge is 0.412 e. The summed E-state index contributed by atoms with van der Waals surface area (Å²) in [5, 5.41) is 0.806. The molecule has 4 rings (SSSR count). The van der Waals surface area contributed by atoms with Gasteiger partial charge in [-0.15, -0.1) is 13.2 Å². The summed E-state index contributed by atoms with van der Waals surface area (Å²) in [5.74, 6) is -1.60. The molecule has 7 nitrogen and oxygen atoms in total. The van der Waals surface area contributed by atoms with E-state index in [4.69, 9.17) is 11.6 Å².